The number of aryl methyl sites for hydroxylation is 1. The Morgan fingerprint density at radius 1 is 1.28 bits per heavy atom. The lowest BCUT2D eigenvalue weighted by Crippen LogP contribution is -2.40. The van der Waals surface area contributed by atoms with E-state index in [-0.39, 0.29) is 0 Å². The lowest BCUT2D eigenvalue weighted by Gasteiger charge is -2.36. The fourth-order valence-electron chi connectivity index (χ4n) is 4.02. The fourth-order valence-corrected chi connectivity index (χ4v) is 4.02. The van der Waals surface area contributed by atoms with Crippen molar-refractivity contribution in [2.75, 3.05) is 6.54 Å². The van der Waals surface area contributed by atoms with Crippen LogP contribution in [0.1, 0.15) is 56.2 Å². The smallest absolute Gasteiger partial charge is 0.0469 e. The number of fused-ring (bicyclic) bond motifs is 1. The van der Waals surface area contributed by atoms with Crippen molar-refractivity contribution in [3.8, 4) is 0 Å². The number of pyridine rings is 1. The van der Waals surface area contributed by atoms with Crippen LogP contribution in [0.15, 0.2) is 18.3 Å². The van der Waals surface area contributed by atoms with E-state index in [1.807, 2.05) is 6.20 Å². The van der Waals surface area contributed by atoms with Crippen molar-refractivity contribution in [1.82, 2.24) is 10.3 Å². The van der Waals surface area contributed by atoms with Gasteiger partial charge < -0.3 is 5.32 Å². The summed E-state index contributed by atoms with van der Waals surface area (Å²) in [6, 6.07) is 5.08. The molecule has 1 fully saturated rings. The van der Waals surface area contributed by atoms with Crippen molar-refractivity contribution in [3.05, 3.63) is 29.6 Å². The average Bonchev–Trinajstić information content (AvgIpc) is 2.84. The van der Waals surface area contributed by atoms with Gasteiger partial charge in [-0.3, -0.25) is 4.98 Å². The summed E-state index contributed by atoms with van der Waals surface area (Å²) < 4.78 is 0. The van der Waals surface area contributed by atoms with Gasteiger partial charge in [0.2, 0.25) is 0 Å². The zero-order valence-electron chi connectivity index (χ0n) is 11.4. The Hall–Kier alpha value is -0.890. The lowest BCUT2D eigenvalue weighted by molar-refractivity contribution is 0.225. The minimum Gasteiger partial charge on any atom is -0.314 e. The maximum atomic E-state index is 4.68. The highest BCUT2D eigenvalue weighted by Crippen LogP contribution is 2.43. The first-order valence-corrected chi connectivity index (χ1v) is 7.57. The molecule has 1 aromatic rings. The molecule has 98 valence electrons. The minimum atomic E-state index is 0.713. The molecule has 18 heavy (non-hydrogen) atoms. The SMILES string of the molecule is CCNC1CCCCC1C1CCc2cccnc21. The van der Waals surface area contributed by atoms with E-state index >= 15 is 0 Å². The van der Waals surface area contributed by atoms with Crippen LogP contribution in [0, 0.1) is 5.92 Å². The minimum absolute atomic E-state index is 0.713. The van der Waals surface area contributed by atoms with Crippen LogP contribution in [0.25, 0.3) is 0 Å². The Labute approximate surface area is 110 Å². The van der Waals surface area contributed by atoms with Crippen LogP contribution < -0.4 is 5.32 Å². The standard InChI is InChI=1S/C16H24N2/c1-2-17-15-8-4-3-7-13(15)14-10-9-12-6-5-11-18-16(12)14/h5-6,11,13-15,17H,2-4,7-10H2,1H3. The summed E-state index contributed by atoms with van der Waals surface area (Å²) in [5, 5.41) is 3.71. The number of rotatable bonds is 3. The third-order valence-electron chi connectivity index (χ3n) is 4.80. The fraction of sp³-hybridized carbons (Fsp3) is 0.688. The number of nitrogens with zero attached hydrogens (tertiary/aromatic N) is 1. The monoisotopic (exact) mass is 244 g/mol. The van der Waals surface area contributed by atoms with Crippen molar-refractivity contribution in [1.29, 1.82) is 0 Å². The topological polar surface area (TPSA) is 24.9 Å². The first-order chi connectivity index (χ1) is 8.90. The third kappa shape index (κ3) is 2.18. The normalized spacial score (nSPS) is 31.3. The second-order valence-electron chi connectivity index (χ2n) is 5.81. The van der Waals surface area contributed by atoms with Gasteiger partial charge in [0, 0.05) is 23.9 Å². The number of nitrogens with one attached hydrogen (secondary N) is 1. The summed E-state index contributed by atoms with van der Waals surface area (Å²) in [5.74, 6) is 1.53. The van der Waals surface area contributed by atoms with Crippen LogP contribution in [0.4, 0.5) is 0 Å². The Bertz CT molecular complexity index is 400. The van der Waals surface area contributed by atoms with Crippen molar-refractivity contribution >= 4 is 0 Å². The zero-order chi connectivity index (χ0) is 12.4. The number of hydrogen-bond donors (Lipinski definition) is 1. The van der Waals surface area contributed by atoms with Crippen LogP contribution >= 0.6 is 0 Å². The van der Waals surface area contributed by atoms with Gasteiger partial charge in [0.05, 0.1) is 0 Å². The van der Waals surface area contributed by atoms with Gasteiger partial charge >= 0.3 is 0 Å². The van der Waals surface area contributed by atoms with E-state index in [1.165, 1.54) is 49.8 Å². The van der Waals surface area contributed by atoms with Gasteiger partial charge in [-0.2, -0.15) is 0 Å². The highest BCUT2D eigenvalue weighted by molar-refractivity contribution is 5.29. The van der Waals surface area contributed by atoms with Crippen LogP contribution in [-0.4, -0.2) is 17.6 Å². The molecule has 1 N–H and O–H groups in total. The molecule has 1 heterocycles. The van der Waals surface area contributed by atoms with Crippen molar-refractivity contribution in [3.63, 3.8) is 0 Å². The van der Waals surface area contributed by atoms with E-state index < -0.39 is 0 Å². The maximum absolute atomic E-state index is 4.68. The van der Waals surface area contributed by atoms with E-state index in [9.17, 15) is 0 Å². The second kappa shape index (κ2) is 5.40. The molecule has 2 aliphatic carbocycles. The number of hydrogen-bond acceptors (Lipinski definition) is 2. The van der Waals surface area contributed by atoms with E-state index in [4.69, 9.17) is 0 Å². The van der Waals surface area contributed by atoms with E-state index in [1.54, 1.807) is 0 Å². The molecule has 0 bridgehead atoms. The Kier molecular flexibility index (Phi) is 3.64. The van der Waals surface area contributed by atoms with Gasteiger partial charge in [-0.15, -0.1) is 0 Å². The Morgan fingerprint density at radius 2 is 2.17 bits per heavy atom. The van der Waals surface area contributed by atoms with Gasteiger partial charge in [0.15, 0.2) is 0 Å². The molecule has 0 radical (unpaired) electrons. The Morgan fingerprint density at radius 3 is 3.06 bits per heavy atom. The first kappa shape index (κ1) is 12.2. The summed E-state index contributed by atoms with van der Waals surface area (Å²) in [5.41, 5.74) is 2.91. The maximum Gasteiger partial charge on any atom is 0.0469 e. The molecule has 2 aliphatic rings. The van der Waals surface area contributed by atoms with Gasteiger partial charge in [-0.1, -0.05) is 25.8 Å². The van der Waals surface area contributed by atoms with Gasteiger partial charge in [0.25, 0.3) is 0 Å². The summed E-state index contributed by atoms with van der Waals surface area (Å²) in [6.07, 6.45) is 10.1. The molecule has 2 nitrogen and oxygen atoms in total. The zero-order valence-corrected chi connectivity index (χ0v) is 11.4. The molecule has 0 spiro atoms. The molecule has 3 rings (SSSR count). The molecule has 0 aromatic carbocycles. The number of aromatic nitrogens is 1. The van der Waals surface area contributed by atoms with Crippen LogP contribution in [0.3, 0.4) is 0 Å². The molecule has 3 unspecified atom stereocenters. The molecule has 1 aromatic heterocycles. The molecular formula is C16H24N2. The molecular weight excluding hydrogens is 220 g/mol. The summed E-state index contributed by atoms with van der Waals surface area (Å²) in [4.78, 5) is 4.68. The molecule has 0 amide bonds. The lowest BCUT2D eigenvalue weighted by atomic mass is 9.75. The highest BCUT2D eigenvalue weighted by Gasteiger charge is 2.36. The van der Waals surface area contributed by atoms with Crippen LogP contribution in [0.2, 0.25) is 0 Å². The molecule has 0 saturated heterocycles. The average molecular weight is 244 g/mol. The van der Waals surface area contributed by atoms with E-state index in [0.717, 1.165) is 18.5 Å². The van der Waals surface area contributed by atoms with Gasteiger partial charge in [0.1, 0.15) is 0 Å². The van der Waals surface area contributed by atoms with E-state index in [0.29, 0.717) is 5.92 Å². The largest absolute Gasteiger partial charge is 0.314 e. The van der Waals surface area contributed by atoms with Crippen molar-refractivity contribution in [2.45, 2.75) is 57.4 Å². The van der Waals surface area contributed by atoms with Crippen molar-refractivity contribution < 1.29 is 0 Å². The first-order valence-electron chi connectivity index (χ1n) is 7.57. The van der Waals surface area contributed by atoms with Gasteiger partial charge in [-0.25, -0.2) is 0 Å². The third-order valence-corrected chi connectivity index (χ3v) is 4.80. The summed E-state index contributed by atoms with van der Waals surface area (Å²) in [6.45, 7) is 3.33. The Balaban J connectivity index is 1.81. The molecule has 0 aliphatic heterocycles. The summed E-state index contributed by atoms with van der Waals surface area (Å²) in [7, 11) is 0. The summed E-state index contributed by atoms with van der Waals surface area (Å²) >= 11 is 0. The van der Waals surface area contributed by atoms with E-state index in [2.05, 4.69) is 29.4 Å². The quantitative estimate of drug-likeness (QED) is 0.882. The predicted octanol–water partition coefficient (Wildman–Crippen LogP) is 3.28. The molecule has 3 atom stereocenters. The predicted molar refractivity (Wildman–Crippen MR) is 74.7 cm³/mol. The second-order valence-corrected chi connectivity index (χ2v) is 5.81. The van der Waals surface area contributed by atoms with Crippen LogP contribution in [0.5, 0.6) is 0 Å². The molecule has 2 heteroatoms. The van der Waals surface area contributed by atoms with Crippen LogP contribution in [-0.2, 0) is 6.42 Å². The highest BCUT2D eigenvalue weighted by atomic mass is 14.9. The molecule has 1 saturated carbocycles. The van der Waals surface area contributed by atoms with Crippen molar-refractivity contribution in [2.24, 2.45) is 5.92 Å². The van der Waals surface area contributed by atoms with Gasteiger partial charge in [-0.05, 0) is 49.8 Å².